The number of nitrogens with one attached hydrogen (secondary N) is 1. The molecule has 32 heavy (non-hydrogen) atoms. The van der Waals surface area contributed by atoms with Crippen molar-refractivity contribution >= 4 is 38.7 Å². The number of nitrogens with zero attached hydrogens (tertiary/aromatic N) is 3. The number of rotatable bonds is 5. The predicted molar refractivity (Wildman–Crippen MR) is 127 cm³/mol. The average Bonchev–Trinajstić information content (AvgIpc) is 3.15. The van der Waals surface area contributed by atoms with Crippen LogP contribution in [0, 0.1) is 0 Å². The summed E-state index contributed by atoms with van der Waals surface area (Å²) in [5.41, 5.74) is -0.107. The highest BCUT2D eigenvalue weighted by Gasteiger charge is 2.32. The number of likely N-dealkylation sites (tertiary alicyclic amines) is 1. The Morgan fingerprint density at radius 3 is 2.66 bits per heavy atom. The van der Waals surface area contributed by atoms with Crippen LogP contribution in [0.5, 0.6) is 0 Å². The maximum absolute atomic E-state index is 12.9. The summed E-state index contributed by atoms with van der Waals surface area (Å²) in [6.45, 7) is 10.2. The van der Waals surface area contributed by atoms with Crippen molar-refractivity contribution in [1.82, 2.24) is 20.0 Å². The van der Waals surface area contributed by atoms with Gasteiger partial charge in [0, 0.05) is 22.9 Å². The van der Waals surface area contributed by atoms with Crippen LogP contribution in [0.15, 0.2) is 27.5 Å². The van der Waals surface area contributed by atoms with Crippen molar-refractivity contribution in [2.24, 2.45) is 0 Å². The van der Waals surface area contributed by atoms with Crippen LogP contribution in [-0.2, 0) is 16.1 Å². The van der Waals surface area contributed by atoms with Crippen LogP contribution >= 0.6 is 15.9 Å². The first-order valence-electron chi connectivity index (χ1n) is 10.9. The summed E-state index contributed by atoms with van der Waals surface area (Å²) < 4.78 is 7.56. The summed E-state index contributed by atoms with van der Waals surface area (Å²) in [5.74, 6) is -0.232. The molecule has 0 bridgehead atoms. The number of hydrogen-bond donors (Lipinski definition) is 1. The van der Waals surface area contributed by atoms with E-state index in [2.05, 4.69) is 26.3 Å². The molecule has 0 saturated carbocycles. The average molecular weight is 507 g/mol. The van der Waals surface area contributed by atoms with Gasteiger partial charge in [-0.15, -0.1) is 0 Å². The Kier molecular flexibility index (Phi) is 7.27. The van der Waals surface area contributed by atoms with Gasteiger partial charge in [0.15, 0.2) is 0 Å². The molecule has 0 aliphatic carbocycles. The fraction of sp³-hybridized carbons (Fsp3) is 0.565. The zero-order valence-corrected chi connectivity index (χ0v) is 20.9. The van der Waals surface area contributed by atoms with Crippen molar-refractivity contribution in [2.75, 3.05) is 13.1 Å². The summed E-state index contributed by atoms with van der Waals surface area (Å²) in [6, 6.07) is 5.32. The van der Waals surface area contributed by atoms with E-state index in [0.717, 1.165) is 28.4 Å². The van der Waals surface area contributed by atoms with E-state index in [4.69, 9.17) is 4.74 Å². The van der Waals surface area contributed by atoms with Gasteiger partial charge in [0.1, 0.15) is 12.1 Å². The number of carbonyl (C=O) groups is 2. The van der Waals surface area contributed by atoms with Gasteiger partial charge in [-0.3, -0.25) is 9.59 Å². The third kappa shape index (κ3) is 5.68. The summed E-state index contributed by atoms with van der Waals surface area (Å²) in [4.78, 5) is 39.7. The second-order valence-electron chi connectivity index (χ2n) is 9.47. The molecule has 0 radical (unpaired) electrons. The number of carbonyl (C=O) groups excluding carboxylic acids is 2. The Bertz CT molecular complexity index is 1070. The number of benzene rings is 1. The van der Waals surface area contributed by atoms with Gasteiger partial charge in [0.2, 0.25) is 5.91 Å². The maximum atomic E-state index is 12.9. The van der Waals surface area contributed by atoms with Gasteiger partial charge in [-0.25, -0.2) is 9.48 Å². The van der Waals surface area contributed by atoms with Crippen molar-refractivity contribution in [3.8, 4) is 0 Å². The second kappa shape index (κ2) is 9.60. The highest BCUT2D eigenvalue weighted by Crippen LogP contribution is 2.24. The molecule has 8 nitrogen and oxygen atoms in total. The van der Waals surface area contributed by atoms with E-state index >= 15 is 0 Å². The first-order valence-corrected chi connectivity index (χ1v) is 11.7. The molecule has 0 spiro atoms. The van der Waals surface area contributed by atoms with Crippen LogP contribution in [0.4, 0.5) is 4.79 Å². The molecular formula is C23H31BrN4O4. The Hall–Kier alpha value is -2.42. The van der Waals surface area contributed by atoms with Crippen LogP contribution in [0.2, 0.25) is 0 Å². The lowest BCUT2D eigenvalue weighted by molar-refractivity contribution is -0.122. The largest absolute Gasteiger partial charge is 0.444 e. The van der Waals surface area contributed by atoms with Crippen molar-refractivity contribution in [1.29, 1.82) is 0 Å². The number of aromatic nitrogens is 2. The van der Waals surface area contributed by atoms with Crippen molar-refractivity contribution in [3.63, 3.8) is 0 Å². The lowest BCUT2D eigenvalue weighted by Gasteiger charge is -2.28. The molecule has 1 N–H and O–H groups in total. The van der Waals surface area contributed by atoms with Crippen molar-refractivity contribution in [3.05, 3.63) is 38.7 Å². The normalized spacial score (nSPS) is 16.6. The molecule has 174 valence electrons. The SMILES string of the molecule is CC(C)c1nn(CC(=O)NCC2CCCN2C(=O)OC(C)(C)C)c(=O)c2ccc(Br)cc12. The minimum absolute atomic E-state index is 0.0857. The van der Waals surface area contributed by atoms with Crippen LogP contribution in [0.25, 0.3) is 10.8 Å². The highest BCUT2D eigenvalue weighted by molar-refractivity contribution is 9.10. The Morgan fingerprint density at radius 1 is 1.28 bits per heavy atom. The van der Waals surface area contributed by atoms with Crippen LogP contribution in [0.1, 0.15) is 59.1 Å². The lowest BCUT2D eigenvalue weighted by atomic mass is 10.0. The molecule has 9 heteroatoms. The van der Waals surface area contributed by atoms with E-state index in [1.165, 1.54) is 4.68 Å². The minimum Gasteiger partial charge on any atom is -0.444 e. The molecule has 1 aromatic heterocycles. The Morgan fingerprint density at radius 2 is 2.00 bits per heavy atom. The van der Waals surface area contributed by atoms with Gasteiger partial charge in [-0.2, -0.15) is 5.10 Å². The first kappa shape index (κ1) is 24.2. The van der Waals surface area contributed by atoms with E-state index in [1.807, 2.05) is 46.8 Å². The molecular weight excluding hydrogens is 476 g/mol. The van der Waals surface area contributed by atoms with Crippen LogP contribution < -0.4 is 10.9 Å². The van der Waals surface area contributed by atoms with Gasteiger partial charge in [-0.05, 0) is 57.7 Å². The van der Waals surface area contributed by atoms with Gasteiger partial charge in [-0.1, -0.05) is 29.8 Å². The monoisotopic (exact) mass is 506 g/mol. The highest BCUT2D eigenvalue weighted by atomic mass is 79.9. The molecule has 3 rings (SSSR count). The fourth-order valence-corrected chi connectivity index (χ4v) is 4.21. The molecule has 1 fully saturated rings. The molecule has 1 saturated heterocycles. The first-order chi connectivity index (χ1) is 15.0. The van der Waals surface area contributed by atoms with E-state index in [0.29, 0.717) is 18.5 Å². The van der Waals surface area contributed by atoms with Crippen molar-refractivity contribution < 1.29 is 14.3 Å². The summed E-state index contributed by atoms with van der Waals surface area (Å²) in [7, 11) is 0. The summed E-state index contributed by atoms with van der Waals surface area (Å²) >= 11 is 3.45. The van der Waals surface area contributed by atoms with Gasteiger partial charge < -0.3 is 15.0 Å². The zero-order valence-electron chi connectivity index (χ0n) is 19.3. The van der Waals surface area contributed by atoms with Gasteiger partial charge >= 0.3 is 6.09 Å². The smallest absolute Gasteiger partial charge is 0.410 e. The molecule has 2 aromatic rings. The fourth-order valence-electron chi connectivity index (χ4n) is 3.85. The second-order valence-corrected chi connectivity index (χ2v) is 10.4. The zero-order chi connectivity index (χ0) is 23.6. The molecule has 1 aliphatic rings. The maximum Gasteiger partial charge on any atom is 0.410 e. The van der Waals surface area contributed by atoms with E-state index in [9.17, 15) is 14.4 Å². The molecule has 2 heterocycles. The standard InChI is InChI=1S/C23H31BrN4O4/c1-14(2)20-18-11-15(24)8-9-17(18)21(30)28(26-20)13-19(29)25-12-16-7-6-10-27(16)22(31)32-23(3,4)5/h8-9,11,14,16H,6-7,10,12-13H2,1-5H3,(H,25,29). The predicted octanol–water partition coefficient (Wildman–Crippen LogP) is 3.80. The Balaban J connectivity index is 1.71. The summed E-state index contributed by atoms with van der Waals surface area (Å²) in [6.07, 6.45) is 1.29. The quantitative estimate of drug-likeness (QED) is 0.665. The minimum atomic E-state index is -0.569. The lowest BCUT2D eigenvalue weighted by Crippen LogP contribution is -2.46. The third-order valence-electron chi connectivity index (χ3n) is 5.33. The summed E-state index contributed by atoms with van der Waals surface area (Å²) in [5, 5.41) is 8.66. The molecule has 1 unspecified atom stereocenters. The van der Waals surface area contributed by atoms with Gasteiger partial charge in [0.25, 0.3) is 5.56 Å². The van der Waals surface area contributed by atoms with E-state index in [-0.39, 0.29) is 36.1 Å². The Labute approximate surface area is 196 Å². The molecule has 1 atom stereocenters. The topological polar surface area (TPSA) is 93.5 Å². The number of ether oxygens (including phenoxy) is 1. The number of halogens is 1. The molecule has 1 aliphatic heterocycles. The molecule has 2 amide bonds. The van der Waals surface area contributed by atoms with Gasteiger partial charge in [0.05, 0.1) is 17.1 Å². The van der Waals surface area contributed by atoms with Crippen LogP contribution in [-0.4, -0.2) is 51.4 Å². The third-order valence-corrected chi connectivity index (χ3v) is 5.82. The number of amides is 2. The number of hydrogen-bond acceptors (Lipinski definition) is 5. The van der Waals surface area contributed by atoms with Crippen molar-refractivity contribution in [2.45, 2.75) is 71.6 Å². The van der Waals surface area contributed by atoms with E-state index < -0.39 is 5.60 Å². The van der Waals surface area contributed by atoms with Crippen LogP contribution in [0.3, 0.4) is 0 Å². The van der Waals surface area contributed by atoms with E-state index in [1.54, 1.807) is 11.0 Å². The number of fused-ring (bicyclic) bond motifs is 1. The molecule has 1 aromatic carbocycles.